The second kappa shape index (κ2) is 22.7. The molecule has 1 aliphatic rings. The first-order chi connectivity index (χ1) is 23.9. The van der Waals surface area contributed by atoms with Crippen LogP contribution in [-0.2, 0) is 26.7 Å². The van der Waals surface area contributed by atoms with Gasteiger partial charge in [-0.1, -0.05) is 102 Å². The fraction of sp³-hybridized carbons (Fsp3) is 0.714. The molecule has 0 bridgehead atoms. The van der Waals surface area contributed by atoms with Crippen LogP contribution in [0.5, 0.6) is 0 Å². The SMILES string of the molecule is CC(C)(C)[Si](C)(C)OCCCC[C@H](O)CN(CCO)Cc1ccccc1.CC(C)(C)[Si](C)(C)OCCCC[C@H]1CN(Cc2ccccc2)CCO1. The zero-order valence-corrected chi connectivity index (χ0v) is 36.3. The van der Waals surface area contributed by atoms with Crippen LogP contribution in [0.1, 0.15) is 91.2 Å². The Hall–Kier alpha value is -1.41. The quantitative estimate of drug-likeness (QED) is 0.104. The Labute approximate surface area is 315 Å². The Morgan fingerprint density at radius 2 is 1.33 bits per heavy atom. The summed E-state index contributed by atoms with van der Waals surface area (Å²) < 4.78 is 18.4. The third-order valence-electron chi connectivity index (χ3n) is 11.0. The van der Waals surface area contributed by atoms with Crippen LogP contribution >= 0.6 is 0 Å². The minimum Gasteiger partial charge on any atom is -0.417 e. The summed E-state index contributed by atoms with van der Waals surface area (Å²) in [6, 6.07) is 20.9. The summed E-state index contributed by atoms with van der Waals surface area (Å²) >= 11 is 0. The minimum atomic E-state index is -1.66. The highest BCUT2D eigenvalue weighted by Crippen LogP contribution is 2.37. The van der Waals surface area contributed by atoms with Gasteiger partial charge in [-0.25, -0.2) is 0 Å². The Bertz CT molecular complexity index is 1170. The molecule has 51 heavy (non-hydrogen) atoms. The molecule has 2 atom stereocenters. The molecule has 2 aromatic carbocycles. The Morgan fingerprint density at radius 3 is 1.86 bits per heavy atom. The molecular weight excluding hydrogens is 669 g/mol. The number of aliphatic hydroxyl groups excluding tert-OH is 2. The molecule has 0 radical (unpaired) electrons. The molecule has 0 unspecified atom stereocenters. The number of nitrogens with zero attached hydrogens (tertiary/aromatic N) is 2. The van der Waals surface area contributed by atoms with E-state index < -0.39 is 16.6 Å². The zero-order valence-electron chi connectivity index (χ0n) is 34.3. The zero-order chi connectivity index (χ0) is 38.0. The van der Waals surface area contributed by atoms with Crippen LogP contribution in [0, 0.1) is 0 Å². The molecule has 1 aliphatic heterocycles. The van der Waals surface area contributed by atoms with Gasteiger partial charge in [-0.3, -0.25) is 9.80 Å². The highest BCUT2D eigenvalue weighted by Gasteiger charge is 2.37. The first-order valence-corrected chi connectivity index (χ1v) is 25.5. The predicted octanol–water partition coefficient (Wildman–Crippen LogP) is 9.11. The van der Waals surface area contributed by atoms with Gasteiger partial charge in [0, 0.05) is 52.5 Å². The van der Waals surface area contributed by atoms with Crippen molar-refractivity contribution in [2.45, 2.75) is 142 Å². The van der Waals surface area contributed by atoms with Gasteiger partial charge in [-0.2, -0.15) is 0 Å². The Morgan fingerprint density at radius 1 is 0.804 bits per heavy atom. The van der Waals surface area contributed by atoms with Crippen molar-refractivity contribution in [1.82, 2.24) is 9.80 Å². The van der Waals surface area contributed by atoms with Gasteiger partial charge in [-0.15, -0.1) is 0 Å². The van der Waals surface area contributed by atoms with E-state index in [-0.39, 0.29) is 17.7 Å². The molecule has 9 heteroatoms. The second-order valence-electron chi connectivity index (χ2n) is 17.5. The lowest BCUT2D eigenvalue weighted by Crippen LogP contribution is -2.42. The van der Waals surface area contributed by atoms with E-state index in [4.69, 9.17) is 13.6 Å². The highest BCUT2D eigenvalue weighted by molar-refractivity contribution is 6.74. The van der Waals surface area contributed by atoms with Crippen molar-refractivity contribution in [3.8, 4) is 0 Å². The van der Waals surface area contributed by atoms with Crippen molar-refractivity contribution in [3.05, 3.63) is 71.8 Å². The van der Waals surface area contributed by atoms with E-state index >= 15 is 0 Å². The van der Waals surface area contributed by atoms with Crippen molar-refractivity contribution in [2.24, 2.45) is 0 Å². The minimum absolute atomic E-state index is 0.111. The molecule has 2 aromatic rings. The van der Waals surface area contributed by atoms with Crippen molar-refractivity contribution in [3.63, 3.8) is 0 Å². The van der Waals surface area contributed by atoms with Crippen LogP contribution in [-0.4, -0.2) is 101 Å². The van der Waals surface area contributed by atoms with E-state index in [0.717, 1.165) is 78.1 Å². The molecule has 1 heterocycles. The number of benzene rings is 2. The average Bonchev–Trinajstić information content (AvgIpc) is 3.05. The van der Waals surface area contributed by atoms with Crippen LogP contribution in [0.15, 0.2) is 60.7 Å². The van der Waals surface area contributed by atoms with Crippen LogP contribution in [0.2, 0.25) is 36.3 Å². The summed E-state index contributed by atoms with van der Waals surface area (Å²) in [5.41, 5.74) is 2.60. The van der Waals surface area contributed by atoms with Gasteiger partial charge < -0.3 is 23.8 Å². The molecule has 1 saturated heterocycles. The van der Waals surface area contributed by atoms with E-state index in [1.807, 2.05) is 18.2 Å². The van der Waals surface area contributed by atoms with Crippen molar-refractivity contribution >= 4 is 16.6 Å². The summed E-state index contributed by atoms with van der Waals surface area (Å²) in [4.78, 5) is 4.64. The topological polar surface area (TPSA) is 74.6 Å². The number of rotatable bonds is 20. The van der Waals surface area contributed by atoms with E-state index in [1.165, 1.54) is 17.5 Å². The molecule has 292 valence electrons. The molecule has 2 N–H and O–H groups in total. The normalized spacial score (nSPS) is 16.9. The molecule has 0 aliphatic carbocycles. The van der Waals surface area contributed by atoms with Gasteiger partial charge in [0.25, 0.3) is 0 Å². The fourth-order valence-corrected chi connectivity index (χ4v) is 7.77. The maximum absolute atomic E-state index is 10.4. The largest absolute Gasteiger partial charge is 0.417 e. The summed E-state index contributed by atoms with van der Waals surface area (Å²) in [7, 11) is -3.25. The molecular formula is C42H76N2O5Si2. The molecule has 0 amide bonds. The van der Waals surface area contributed by atoms with Gasteiger partial charge in [0.15, 0.2) is 16.6 Å². The molecule has 7 nitrogen and oxygen atoms in total. The van der Waals surface area contributed by atoms with E-state index in [2.05, 4.69) is 120 Å². The van der Waals surface area contributed by atoms with Gasteiger partial charge in [-0.05, 0) is 85.9 Å². The van der Waals surface area contributed by atoms with Crippen LogP contribution in [0.3, 0.4) is 0 Å². The third-order valence-corrected chi connectivity index (χ3v) is 20.1. The van der Waals surface area contributed by atoms with Gasteiger partial charge in [0.05, 0.1) is 25.4 Å². The number of hydrogen-bond donors (Lipinski definition) is 2. The Balaban J connectivity index is 0.000000354. The Kier molecular flexibility index (Phi) is 20.4. The van der Waals surface area contributed by atoms with E-state index in [1.54, 1.807) is 0 Å². The van der Waals surface area contributed by atoms with Gasteiger partial charge >= 0.3 is 0 Å². The predicted molar refractivity (Wildman–Crippen MR) is 220 cm³/mol. The second-order valence-corrected chi connectivity index (χ2v) is 27.1. The first kappa shape index (κ1) is 45.8. The molecule has 3 rings (SSSR count). The lowest BCUT2D eigenvalue weighted by molar-refractivity contribution is -0.0360. The molecule has 0 spiro atoms. The third kappa shape index (κ3) is 18.5. The smallest absolute Gasteiger partial charge is 0.191 e. The van der Waals surface area contributed by atoms with Crippen LogP contribution in [0.25, 0.3) is 0 Å². The summed E-state index contributed by atoms with van der Waals surface area (Å²) in [5.74, 6) is 0. The van der Waals surface area contributed by atoms with E-state index in [0.29, 0.717) is 24.2 Å². The van der Waals surface area contributed by atoms with Gasteiger partial charge in [0.1, 0.15) is 0 Å². The van der Waals surface area contributed by atoms with Crippen LogP contribution in [0.4, 0.5) is 0 Å². The van der Waals surface area contributed by atoms with Crippen molar-refractivity contribution < 1.29 is 23.8 Å². The fourth-order valence-electron chi connectivity index (χ4n) is 5.59. The maximum Gasteiger partial charge on any atom is 0.191 e. The molecule has 1 fully saturated rings. The lowest BCUT2D eigenvalue weighted by Gasteiger charge is -2.36. The average molecular weight is 745 g/mol. The van der Waals surface area contributed by atoms with E-state index in [9.17, 15) is 10.2 Å². The van der Waals surface area contributed by atoms with Crippen molar-refractivity contribution in [2.75, 3.05) is 52.6 Å². The standard InChI is InChI=1S/C21H39NO3Si.C21H37NO2Si/c1-21(2,3)26(4,5)25-16-10-9-13-20(24)18-22(14-15-23)17-19-11-7-6-8-12-19;1-21(2,3)25(4,5)24-15-10-9-13-20-18-22(14-16-23-20)17-19-11-7-6-8-12-19/h6-8,11-12,20,23-24H,9-10,13-18H2,1-5H3;6-8,11-12,20H,9-10,13-18H2,1-5H3/t2*20-/m00/s1. The monoisotopic (exact) mass is 745 g/mol. The summed E-state index contributed by atoms with van der Waals surface area (Å²) in [6.45, 7) is 30.6. The lowest BCUT2D eigenvalue weighted by atomic mass is 10.1. The first-order valence-electron chi connectivity index (χ1n) is 19.6. The number of morpholine rings is 1. The van der Waals surface area contributed by atoms with Crippen LogP contribution < -0.4 is 0 Å². The highest BCUT2D eigenvalue weighted by atomic mass is 28.4. The van der Waals surface area contributed by atoms with Gasteiger partial charge in [0.2, 0.25) is 0 Å². The van der Waals surface area contributed by atoms with Crippen molar-refractivity contribution in [1.29, 1.82) is 0 Å². The molecule has 0 aromatic heterocycles. The number of unbranched alkanes of at least 4 members (excludes halogenated alkanes) is 2. The number of aliphatic hydroxyl groups is 2. The summed E-state index contributed by atoms with van der Waals surface area (Å²) in [6.07, 6.45) is 6.23. The number of ether oxygens (including phenoxy) is 1. The molecule has 0 saturated carbocycles. The maximum atomic E-state index is 10.4. The summed E-state index contributed by atoms with van der Waals surface area (Å²) in [5, 5.41) is 20.2. The number of hydrogen-bond acceptors (Lipinski definition) is 7.